The number of Topliss-reactive ketones (excluding diaryl/α,β-unsaturated/α-hetero) is 1. The van der Waals surface area contributed by atoms with Crippen molar-refractivity contribution in [2.45, 2.75) is 4.90 Å². The van der Waals surface area contributed by atoms with Crippen molar-refractivity contribution in [3.63, 3.8) is 0 Å². The maximum atomic E-state index is 12.0. The third-order valence-corrected chi connectivity index (χ3v) is 3.98. The Balaban J connectivity index is 1.98. The van der Waals surface area contributed by atoms with Crippen molar-refractivity contribution in [1.82, 2.24) is 0 Å². The van der Waals surface area contributed by atoms with Crippen molar-refractivity contribution in [2.75, 3.05) is 19.0 Å². The Kier molecular flexibility index (Phi) is 4.79. The minimum atomic E-state index is -3.71. The smallest absolute Gasteiger partial charge is 0.238 e. The summed E-state index contributed by atoms with van der Waals surface area (Å²) in [6.45, 7) is 0.0983. The van der Waals surface area contributed by atoms with Gasteiger partial charge in [-0.15, -0.1) is 0 Å². The normalized spacial score (nSPS) is 11.0. The number of ether oxygens (including phenoxy) is 1. The summed E-state index contributed by atoms with van der Waals surface area (Å²) >= 11 is 0. The van der Waals surface area contributed by atoms with E-state index in [-0.39, 0.29) is 17.2 Å². The molecule has 0 spiro atoms. The number of anilines is 1. The SMILES string of the molecule is COc1ccc(C(=O)CNc2ccc(S(N)(=O)=O)cc2)cc1. The van der Waals surface area contributed by atoms with Crippen LogP contribution in [0.15, 0.2) is 53.4 Å². The third kappa shape index (κ3) is 4.06. The van der Waals surface area contributed by atoms with Crippen LogP contribution in [0, 0.1) is 0 Å². The van der Waals surface area contributed by atoms with Crippen molar-refractivity contribution >= 4 is 21.5 Å². The number of carbonyl (C=O) groups is 1. The number of carbonyl (C=O) groups excluding carboxylic acids is 1. The molecule has 0 aromatic heterocycles. The Bertz CT molecular complexity index is 753. The molecule has 2 aromatic rings. The highest BCUT2D eigenvalue weighted by atomic mass is 32.2. The predicted octanol–water partition coefficient (Wildman–Crippen LogP) is 1.64. The van der Waals surface area contributed by atoms with Gasteiger partial charge in [-0.2, -0.15) is 0 Å². The molecule has 0 radical (unpaired) electrons. The molecule has 7 heteroatoms. The van der Waals surface area contributed by atoms with Crippen molar-refractivity contribution in [1.29, 1.82) is 0 Å². The zero-order chi connectivity index (χ0) is 16.2. The first kappa shape index (κ1) is 16.0. The number of methoxy groups -OCH3 is 1. The lowest BCUT2D eigenvalue weighted by molar-refractivity contribution is 0.101. The molecule has 2 aromatic carbocycles. The molecular weight excluding hydrogens is 304 g/mol. The van der Waals surface area contributed by atoms with E-state index in [1.807, 2.05) is 0 Å². The zero-order valence-electron chi connectivity index (χ0n) is 11.9. The Morgan fingerprint density at radius 2 is 1.68 bits per heavy atom. The first-order chi connectivity index (χ1) is 10.4. The number of rotatable bonds is 6. The van der Waals surface area contributed by atoms with Crippen LogP contribution in [-0.2, 0) is 10.0 Å². The fourth-order valence-electron chi connectivity index (χ4n) is 1.82. The Morgan fingerprint density at radius 1 is 1.09 bits per heavy atom. The average molecular weight is 320 g/mol. The molecule has 0 saturated carbocycles. The Labute approximate surface area is 129 Å². The van der Waals surface area contributed by atoms with Crippen LogP contribution in [0.1, 0.15) is 10.4 Å². The Morgan fingerprint density at radius 3 is 2.18 bits per heavy atom. The van der Waals surface area contributed by atoms with E-state index >= 15 is 0 Å². The maximum Gasteiger partial charge on any atom is 0.238 e. The second-order valence-electron chi connectivity index (χ2n) is 4.57. The lowest BCUT2D eigenvalue weighted by Gasteiger charge is -2.07. The summed E-state index contributed by atoms with van der Waals surface area (Å²) in [6.07, 6.45) is 0. The van der Waals surface area contributed by atoms with Crippen LogP contribution in [0.25, 0.3) is 0 Å². The maximum absolute atomic E-state index is 12.0. The summed E-state index contributed by atoms with van der Waals surface area (Å²) in [6, 6.07) is 12.7. The molecule has 2 rings (SSSR count). The quantitative estimate of drug-likeness (QED) is 0.788. The van der Waals surface area contributed by atoms with Gasteiger partial charge in [-0.25, -0.2) is 13.6 Å². The molecule has 0 amide bonds. The molecule has 0 bridgehead atoms. The molecule has 0 aliphatic heterocycles. The zero-order valence-corrected chi connectivity index (χ0v) is 12.8. The van der Waals surface area contributed by atoms with Crippen LogP contribution < -0.4 is 15.2 Å². The van der Waals surface area contributed by atoms with Gasteiger partial charge in [0, 0.05) is 11.3 Å². The van der Waals surface area contributed by atoms with Crippen LogP contribution in [0.3, 0.4) is 0 Å². The number of ketones is 1. The van der Waals surface area contributed by atoms with E-state index in [1.165, 1.54) is 12.1 Å². The van der Waals surface area contributed by atoms with Crippen molar-refractivity contribution in [3.05, 3.63) is 54.1 Å². The van der Waals surface area contributed by atoms with Gasteiger partial charge in [0.1, 0.15) is 5.75 Å². The largest absolute Gasteiger partial charge is 0.497 e. The number of hydrogen-bond donors (Lipinski definition) is 2. The van der Waals surface area contributed by atoms with Crippen LogP contribution in [-0.4, -0.2) is 27.9 Å². The molecule has 6 nitrogen and oxygen atoms in total. The van der Waals surface area contributed by atoms with E-state index in [4.69, 9.17) is 9.88 Å². The lowest BCUT2D eigenvalue weighted by Crippen LogP contribution is -2.14. The van der Waals surface area contributed by atoms with Crippen molar-refractivity contribution < 1.29 is 17.9 Å². The first-order valence-corrected chi connectivity index (χ1v) is 7.99. The molecule has 0 aliphatic rings. The number of benzene rings is 2. The lowest BCUT2D eigenvalue weighted by atomic mass is 10.1. The molecule has 0 atom stereocenters. The van der Waals surface area contributed by atoms with Gasteiger partial charge in [-0.3, -0.25) is 4.79 Å². The Hall–Kier alpha value is -2.38. The van der Waals surface area contributed by atoms with Crippen LogP contribution in [0.4, 0.5) is 5.69 Å². The second kappa shape index (κ2) is 6.59. The van der Waals surface area contributed by atoms with Crippen molar-refractivity contribution in [3.8, 4) is 5.75 Å². The van der Waals surface area contributed by atoms with Gasteiger partial charge in [0.15, 0.2) is 5.78 Å². The third-order valence-electron chi connectivity index (χ3n) is 3.05. The summed E-state index contributed by atoms with van der Waals surface area (Å²) in [5.74, 6) is 0.598. The van der Waals surface area contributed by atoms with E-state index in [1.54, 1.807) is 43.5 Å². The van der Waals surface area contributed by atoms with Gasteiger partial charge in [0.05, 0.1) is 18.6 Å². The van der Waals surface area contributed by atoms with Gasteiger partial charge in [-0.1, -0.05) is 0 Å². The highest BCUT2D eigenvalue weighted by Crippen LogP contribution is 2.14. The number of hydrogen-bond acceptors (Lipinski definition) is 5. The van der Waals surface area contributed by atoms with Crippen molar-refractivity contribution in [2.24, 2.45) is 5.14 Å². The minimum Gasteiger partial charge on any atom is -0.497 e. The van der Waals surface area contributed by atoms with Gasteiger partial charge in [-0.05, 0) is 48.5 Å². The molecule has 0 fully saturated rings. The topological polar surface area (TPSA) is 98.5 Å². The minimum absolute atomic E-state index is 0.0273. The second-order valence-corrected chi connectivity index (χ2v) is 6.14. The standard InChI is InChI=1S/C15H16N2O4S/c1-21-13-6-2-11(3-7-13)15(18)10-17-12-4-8-14(9-5-12)22(16,19)20/h2-9,17H,10H2,1H3,(H2,16,19,20). The van der Waals surface area contributed by atoms with E-state index in [9.17, 15) is 13.2 Å². The summed E-state index contributed by atoms with van der Waals surface area (Å²) in [4.78, 5) is 12.1. The fourth-order valence-corrected chi connectivity index (χ4v) is 2.34. The molecule has 0 saturated heterocycles. The van der Waals surface area contributed by atoms with E-state index in [0.717, 1.165) is 0 Å². The molecule has 0 heterocycles. The van der Waals surface area contributed by atoms with E-state index in [0.29, 0.717) is 17.0 Å². The number of nitrogens with two attached hydrogens (primary N) is 1. The molecule has 22 heavy (non-hydrogen) atoms. The molecule has 116 valence electrons. The van der Waals surface area contributed by atoms with E-state index in [2.05, 4.69) is 5.32 Å². The van der Waals surface area contributed by atoms with Crippen LogP contribution in [0.5, 0.6) is 5.75 Å². The molecule has 3 N–H and O–H groups in total. The van der Waals surface area contributed by atoms with Crippen LogP contribution in [0.2, 0.25) is 0 Å². The fraction of sp³-hybridized carbons (Fsp3) is 0.133. The predicted molar refractivity (Wildman–Crippen MR) is 83.6 cm³/mol. The molecule has 0 aliphatic carbocycles. The first-order valence-electron chi connectivity index (χ1n) is 6.44. The number of sulfonamides is 1. The number of primary sulfonamides is 1. The van der Waals surface area contributed by atoms with Gasteiger partial charge in [0.25, 0.3) is 0 Å². The monoisotopic (exact) mass is 320 g/mol. The van der Waals surface area contributed by atoms with Gasteiger partial charge < -0.3 is 10.1 Å². The molecular formula is C15H16N2O4S. The highest BCUT2D eigenvalue weighted by Gasteiger charge is 2.08. The summed E-state index contributed by atoms with van der Waals surface area (Å²) < 4.78 is 27.3. The number of nitrogens with one attached hydrogen (secondary N) is 1. The summed E-state index contributed by atoms with van der Waals surface area (Å²) in [7, 11) is -2.15. The average Bonchev–Trinajstić information content (AvgIpc) is 2.52. The highest BCUT2D eigenvalue weighted by molar-refractivity contribution is 7.89. The van der Waals surface area contributed by atoms with Gasteiger partial charge in [0.2, 0.25) is 10.0 Å². The summed E-state index contributed by atoms with van der Waals surface area (Å²) in [5, 5.41) is 7.95. The van der Waals surface area contributed by atoms with E-state index < -0.39 is 10.0 Å². The van der Waals surface area contributed by atoms with Crippen LogP contribution >= 0.6 is 0 Å². The molecule has 0 unspecified atom stereocenters. The van der Waals surface area contributed by atoms with Gasteiger partial charge >= 0.3 is 0 Å². The summed E-state index contributed by atoms with van der Waals surface area (Å²) in [5.41, 5.74) is 1.20.